The number of benzene rings is 1. The van der Waals surface area contributed by atoms with Crippen LogP contribution in [0.5, 0.6) is 5.75 Å². The van der Waals surface area contributed by atoms with E-state index in [1.54, 1.807) is 7.11 Å². The van der Waals surface area contributed by atoms with Gasteiger partial charge in [0, 0.05) is 0 Å². The normalized spacial score (nSPS) is 11.3. The number of ether oxygens (including phenoxy) is 3. The third-order valence-corrected chi connectivity index (χ3v) is 2.82. The molecule has 0 spiro atoms. The zero-order valence-electron chi connectivity index (χ0n) is 11.8. The summed E-state index contributed by atoms with van der Waals surface area (Å²) < 4.78 is 14.3. The summed E-state index contributed by atoms with van der Waals surface area (Å²) >= 11 is 0. The standard InChI is InChI=1S/C14H19NO5/c1-18-11-6-4-5-10(9-11)7-8-12(13(16)19-2)15-14(17)20-3/h4-6,9,12H,7-8H2,1-3H3,(H,15,17). The van der Waals surface area contributed by atoms with Crippen LogP contribution in [0.4, 0.5) is 4.79 Å². The summed E-state index contributed by atoms with van der Waals surface area (Å²) in [5.74, 6) is 0.247. The van der Waals surface area contributed by atoms with Crippen LogP contribution in [0.25, 0.3) is 0 Å². The number of methoxy groups -OCH3 is 3. The number of amides is 1. The average molecular weight is 281 g/mol. The first kappa shape index (κ1) is 15.8. The molecule has 1 unspecified atom stereocenters. The molecule has 0 aliphatic carbocycles. The molecule has 1 aromatic carbocycles. The zero-order chi connectivity index (χ0) is 15.0. The fourth-order valence-corrected chi connectivity index (χ4v) is 1.73. The predicted molar refractivity (Wildman–Crippen MR) is 72.7 cm³/mol. The summed E-state index contributed by atoms with van der Waals surface area (Å²) in [4.78, 5) is 22.8. The van der Waals surface area contributed by atoms with Crippen LogP contribution in [0.2, 0.25) is 0 Å². The van der Waals surface area contributed by atoms with Gasteiger partial charge in [0.1, 0.15) is 11.8 Å². The Hall–Kier alpha value is -2.24. The molecule has 0 aromatic heterocycles. The van der Waals surface area contributed by atoms with E-state index in [9.17, 15) is 9.59 Å². The van der Waals surface area contributed by atoms with Gasteiger partial charge in [-0.15, -0.1) is 0 Å². The number of carbonyl (C=O) groups is 2. The maximum Gasteiger partial charge on any atom is 0.407 e. The zero-order valence-corrected chi connectivity index (χ0v) is 11.8. The Morgan fingerprint density at radius 3 is 2.55 bits per heavy atom. The average Bonchev–Trinajstić information content (AvgIpc) is 2.50. The molecule has 1 N–H and O–H groups in total. The second-order valence-electron chi connectivity index (χ2n) is 4.10. The van der Waals surface area contributed by atoms with E-state index in [1.165, 1.54) is 14.2 Å². The van der Waals surface area contributed by atoms with Crippen molar-refractivity contribution in [3.05, 3.63) is 29.8 Å². The molecule has 0 bridgehead atoms. The molecular weight excluding hydrogens is 262 g/mol. The van der Waals surface area contributed by atoms with Gasteiger partial charge < -0.3 is 19.5 Å². The second kappa shape index (κ2) is 8.04. The van der Waals surface area contributed by atoms with Crippen LogP contribution in [-0.2, 0) is 20.7 Å². The van der Waals surface area contributed by atoms with Crippen molar-refractivity contribution in [2.75, 3.05) is 21.3 Å². The SMILES string of the molecule is COC(=O)NC(CCc1cccc(OC)c1)C(=O)OC. The highest BCUT2D eigenvalue weighted by Gasteiger charge is 2.21. The Bertz CT molecular complexity index is 461. The van der Waals surface area contributed by atoms with Gasteiger partial charge >= 0.3 is 12.1 Å². The van der Waals surface area contributed by atoms with Crippen molar-refractivity contribution < 1.29 is 23.8 Å². The molecule has 0 saturated carbocycles. The molecule has 0 fully saturated rings. The van der Waals surface area contributed by atoms with Crippen LogP contribution >= 0.6 is 0 Å². The van der Waals surface area contributed by atoms with Crippen LogP contribution in [0.1, 0.15) is 12.0 Å². The molecule has 1 aromatic rings. The predicted octanol–water partition coefficient (Wildman–Crippen LogP) is 1.53. The molecule has 6 nitrogen and oxygen atoms in total. The third-order valence-electron chi connectivity index (χ3n) is 2.82. The van der Waals surface area contributed by atoms with Crippen LogP contribution < -0.4 is 10.1 Å². The van der Waals surface area contributed by atoms with E-state index in [2.05, 4.69) is 14.8 Å². The molecule has 0 aliphatic rings. The highest BCUT2D eigenvalue weighted by Crippen LogP contribution is 2.14. The van der Waals surface area contributed by atoms with Crippen molar-refractivity contribution in [1.29, 1.82) is 0 Å². The van der Waals surface area contributed by atoms with Crippen molar-refractivity contribution in [1.82, 2.24) is 5.32 Å². The minimum Gasteiger partial charge on any atom is -0.497 e. The van der Waals surface area contributed by atoms with Gasteiger partial charge in [-0.05, 0) is 30.5 Å². The van der Waals surface area contributed by atoms with E-state index in [4.69, 9.17) is 4.74 Å². The van der Waals surface area contributed by atoms with E-state index in [0.717, 1.165) is 11.3 Å². The molecule has 0 radical (unpaired) electrons. The summed E-state index contributed by atoms with van der Waals surface area (Å²) in [6, 6.07) is 6.78. The number of carbonyl (C=O) groups excluding carboxylic acids is 2. The molecular formula is C14H19NO5. The Labute approximate surface area is 118 Å². The van der Waals surface area contributed by atoms with Crippen LogP contribution in [0.3, 0.4) is 0 Å². The summed E-state index contributed by atoms with van der Waals surface area (Å²) in [6.45, 7) is 0. The molecule has 0 heterocycles. The van der Waals surface area contributed by atoms with E-state index < -0.39 is 18.1 Å². The van der Waals surface area contributed by atoms with Crippen molar-refractivity contribution in [3.63, 3.8) is 0 Å². The van der Waals surface area contributed by atoms with Gasteiger partial charge in [-0.2, -0.15) is 0 Å². The number of rotatable bonds is 6. The summed E-state index contributed by atoms with van der Waals surface area (Å²) in [5, 5.41) is 2.45. The maximum atomic E-state index is 11.6. The van der Waals surface area contributed by atoms with E-state index in [1.807, 2.05) is 24.3 Å². The molecule has 6 heteroatoms. The van der Waals surface area contributed by atoms with Gasteiger partial charge in [0.2, 0.25) is 0 Å². The Kier molecular flexibility index (Phi) is 6.36. The monoisotopic (exact) mass is 281 g/mol. The lowest BCUT2D eigenvalue weighted by Crippen LogP contribution is -2.41. The second-order valence-corrected chi connectivity index (χ2v) is 4.10. The summed E-state index contributed by atoms with van der Waals surface area (Å²) in [7, 11) is 4.11. The van der Waals surface area contributed by atoms with Gasteiger partial charge in [0.05, 0.1) is 21.3 Å². The highest BCUT2D eigenvalue weighted by molar-refractivity contribution is 5.81. The van der Waals surface area contributed by atoms with Crippen molar-refractivity contribution in [2.24, 2.45) is 0 Å². The topological polar surface area (TPSA) is 73.9 Å². The van der Waals surface area contributed by atoms with Crippen molar-refractivity contribution in [3.8, 4) is 5.75 Å². The minimum atomic E-state index is -0.737. The number of hydrogen-bond donors (Lipinski definition) is 1. The third kappa shape index (κ3) is 4.79. The number of aryl methyl sites for hydroxylation is 1. The lowest BCUT2D eigenvalue weighted by molar-refractivity contribution is -0.143. The Balaban J connectivity index is 2.65. The molecule has 1 atom stereocenters. The molecule has 20 heavy (non-hydrogen) atoms. The number of alkyl carbamates (subject to hydrolysis) is 1. The van der Waals surface area contributed by atoms with Crippen LogP contribution in [0, 0.1) is 0 Å². The maximum absolute atomic E-state index is 11.6. The van der Waals surface area contributed by atoms with Gasteiger partial charge in [-0.1, -0.05) is 12.1 Å². The lowest BCUT2D eigenvalue weighted by atomic mass is 10.1. The molecule has 110 valence electrons. The van der Waals surface area contributed by atoms with Gasteiger partial charge in [-0.25, -0.2) is 9.59 Å². The Morgan fingerprint density at radius 1 is 1.20 bits per heavy atom. The molecule has 0 aliphatic heterocycles. The molecule has 1 amide bonds. The Morgan fingerprint density at radius 2 is 1.95 bits per heavy atom. The number of hydrogen-bond acceptors (Lipinski definition) is 5. The van der Waals surface area contributed by atoms with Crippen molar-refractivity contribution in [2.45, 2.75) is 18.9 Å². The lowest BCUT2D eigenvalue weighted by Gasteiger charge is -2.15. The molecule has 0 saturated heterocycles. The first-order chi connectivity index (χ1) is 9.60. The van der Waals surface area contributed by atoms with Crippen LogP contribution in [0.15, 0.2) is 24.3 Å². The smallest absolute Gasteiger partial charge is 0.407 e. The molecule has 1 rings (SSSR count). The fourth-order valence-electron chi connectivity index (χ4n) is 1.73. The first-order valence-electron chi connectivity index (χ1n) is 6.16. The highest BCUT2D eigenvalue weighted by atomic mass is 16.5. The van der Waals surface area contributed by atoms with E-state index in [0.29, 0.717) is 12.8 Å². The van der Waals surface area contributed by atoms with Crippen molar-refractivity contribution >= 4 is 12.1 Å². The number of nitrogens with one attached hydrogen (secondary N) is 1. The number of esters is 1. The summed E-state index contributed by atoms with van der Waals surface area (Å²) in [6.07, 6.45) is 0.349. The van der Waals surface area contributed by atoms with E-state index in [-0.39, 0.29) is 0 Å². The van der Waals surface area contributed by atoms with Gasteiger partial charge in [0.15, 0.2) is 0 Å². The minimum absolute atomic E-state index is 0.412. The quantitative estimate of drug-likeness (QED) is 0.800. The summed E-state index contributed by atoms with van der Waals surface area (Å²) in [5.41, 5.74) is 1.00. The first-order valence-corrected chi connectivity index (χ1v) is 6.16. The van der Waals surface area contributed by atoms with Gasteiger partial charge in [0.25, 0.3) is 0 Å². The van der Waals surface area contributed by atoms with Crippen LogP contribution in [-0.4, -0.2) is 39.4 Å². The van der Waals surface area contributed by atoms with E-state index >= 15 is 0 Å². The van der Waals surface area contributed by atoms with Gasteiger partial charge in [-0.3, -0.25) is 0 Å². The largest absolute Gasteiger partial charge is 0.497 e. The fraction of sp³-hybridized carbons (Fsp3) is 0.429.